The smallest absolute Gasteiger partial charge is 0.223 e. The molecule has 1 atom stereocenters. The molecule has 0 unspecified atom stereocenters. The lowest BCUT2D eigenvalue weighted by Gasteiger charge is -2.15. The van der Waals surface area contributed by atoms with E-state index < -0.39 is 0 Å². The lowest BCUT2D eigenvalue weighted by atomic mass is 10.1. The summed E-state index contributed by atoms with van der Waals surface area (Å²) in [5.41, 5.74) is 6.80. The molecule has 3 N–H and O–H groups in total. The first kappa shape index (κ1) is 16.3. The summed E-state index contributed by atoms with van der Waals surface area (Å²) >= 11 is 0. The molecule has 0 aromatic heterocycles. The van der Waals surface area contributed by atoms with Crippen LogP contribution in [0.1, 0.15) is 38.8 Å². The summed E-state index contributed by atoms with van der Waals surface area (Å²) in [5, 5.41) is 2.82. The van der Waals surface area contributed by atoms with Crippen molar-refractivity contribution in [3.63, 3.8) is 0 Å². The van der Waals surface area contributed by atoms with E-state index in [0.29, 0.717) is 24.5 Å². The first-order valence-corrected chi connectivity index (χ1v) is 6.79. The zero-order valence-electron chi connectivity index (χ0n) is 12.6. The summed E-state index contributed by atoms with van der Waals surface area (Å²) in [6.07, 6.45) is 0.313. The zero-order chi connectivity index (χ0) is 15.1. The molecule has 0 bridgehead atoms. The molecule has 0 saturated heterocycles. The van der Waals surface area contributed by atoms with E-state index in [1.807, 2.05) is 32.9 Å². The molecule has 1 aromatic carbocycles. The number of ether oxygens (including phenoxy) is 2. The maximum Gasteiger partial charge on any atom is 0.223 e. The Kier molecular flexibility index (Phi) is 6.31. The Morgan fingerprint density at radius 3 is 2.60 bits per heavy atom. The highest BCUT2D eigenvalue weighted by Gasteiger charge is 2.11. The van der Waals surface area contributed by atoms with Crippen LogP contribution < -0.4 is 20.5 Å². The van der Waals surface area contributed by atoms with E-state index in [4.69, 9.17) is 15.2 Å². The number of rotatable bonds is 7. The molecule has 0 aliphatic heterocycles. The van der Waals surface area contributed by atoms with E-state index in [1.54, 1.807) is 13.2 Å². The van der Waals surface area contributed by atoms with Gasteiger partial charge in [-0.2, -0.15) is 0 Å². The van der Waals surface area contributed by atoms with Gasteiger partial charge in [-0.15, -0.1) is 0 Å². The summed E-state index contributed by atoms with van der Waals surface area (Å²) < 4.78 is 10.8. The molecule has 1 aromatic rings. The Morgan fingerprint density at radius 1 is 1.35 bits per heavy atom. The van der Waals surface area contributed by atoms with Crippen LogP contribution in [0.5, 0.6) is 11.5 Å². The third kappa shape index (κ3) is 5.09. The molecule has 5 heteroatoms. The van der Waals surface area contributed by atoms with Gasteiger partial charge in [0.25, 0.3) is 0 Å². The number of nitrogens with two attached hydrogens (primary N) is 1. The number of carbonyl (C=O) groups excluding carboxylic acids is 1. The van der Waals surface area contributed by atoms with Crippen molar-refractivity contribution in [1.29, 1.82) is 0 Å². The molecule has 5 nitrogen and oxygen atoms in total. The maximum absolute atomic E-state index is 11.5. The minimum atomic E-state index is -0.139. The van der Waals surface area contributed by atoms with E-state index in [1.165, 1.54) is 0 Å². The molecule has 112 valence electrons. The van der Waals surface area contributed by atoms with E-state index in [2.05, 4.69) is 5.32 Å². The van der Waals surface area contributed by atoms with Crippen LogP contribution >= 0.6 is 0 Å². The van der Waals surface area contributed by atoms with Crippen LogP contribution in [0.2, 0.25) is 0 Å². The van der Waals surface area contributed by atoms with Gasteiger partial charge in [0.1, 0.15) is 11.5 Å². The minimum Gasteiger partial charge on any atom is -0.497 e. The van der Waals surface area contributed by atoms with Crippen LogP contribution in [0.3, 0.4) is 0 Å². The fourth-order valence-corrected chi connectivity index (χ4v) is 1.79. The maximum atomic E-state index is 11.5. The molecule has 0 saturated carbocycles. The van der Waals surface area contributed by atoms with Crippen LogP contribution in [0, 0.1) is 0 Å². The zero-order valence-corrected chi connectivity index (χ0v) is 12.6. The molecular weight excluding hydrogens is 256 g/mol. The van der Waals surface area contributed by atoms with Crippen molar-refractivity contribution < 1.29 is 14.3 Å². The average Bonchev–Trinajstić information content (AvgIpc) is 2.37. The number of nitrogens with one attached hydrogen (secondary N) is 1. The van der Waals surface area contributed by atoms with Crippen molar-refractivity contribution in [2.75, 3.05) is 13.7 Å². The quantitative estimate of drug-likeness (QED) is 0.801. The number of hydrogen-bond donors (Lipinski definition) is 2. The molecule has 0 radical (unpaired) electrons. The van der Waals surface area contributed by atoms with Crippen molar-refractivity contribution in [2.24, 2.45) is 5.73 Å². The largest absolute Gasteiger partial charge is 0.497 e. The monoisotopic (exact) mass is 280 g/mol. The molecule has 1 amide bonds. The number of amides is 1. The molecule has 0 fully saturated rings. The summed E-state index contributed by atoms with van der Waals surface area (Å²) in [6, 6.07) is 5.52. The van der Waals surface area contributed by atoms with Crippen molar-refractivity contribution in [2.45, 2.75) is 39.3 Å². The van der Waals surface area contributed by atoms with Crippen molar-refractivity contribution in [3.05, 3.63) is 23.8 Å². The Hall–Kier alpha value is -1.75. The van der Waals surface area contributed by atoms with E-state index in [0.717, 1.165) is 5.56 Å². The lowest BCUT2D eigenvalue weighted by molar-refractivity contribution is -0.122. The minimum absolute atomic E-state index is 0.0229. The highest BCUT2D eigenvalue weighted by Crippen LogP contribution is 2.28. The summed E-state index contributed by atoms with van der Waals surface area (Å²) in [6.45, 7) is 6.05. The molecule has 0 heterocycles. The number of benzene rings is 1. The summed E-state index contributed by atoms with van der Waals surface area (Å²) in [4.78, 5) is 11.5. The van der Waals surface area contributed by atoms with Gasteiger partial charge in [0.05, 0.1) is 20.1 Å². The third-order valence-corrected chi connectivity index (χ3v) is 2.75. The van der Waals surface area contributed by atoms with E-state index in [9.17, 15) is 4.79 Å². The van der Waals surface area contributed by atoms with Gasteiger partial charge in [0, 0.05) is 23.7 Å². The van der Waals surface area contributed by atoms with Gasteiger partial charge < -0.3 is 20.5 Å². The van der Waals surface area contributed by atoms with Gasteiger partial charge in [0.2, 0.25) is 5.91 Å². The van der Waals surface area contributed by atoms with Crippen LogP contribution in [-0.2, 0) is 4.79 Å². The molecule has 20 heavy (non-hydrogen) atoms. The first-order chi connectivity index (χ1) is 9.43. The second-order valence-corrected chi connectivity index (χ2v) is 5.01. The molecule has 1 rings (SSSR count). The standard InChI is InChI=1S/C15H24N2O3/c1-10(2)17-15(18)7-8-20-14-9-12(19-4)5-6-13(14)11(3)16/h5-6,9-11H,7-8,16H2,1-4H3,(H,17,18)/t11-/m0/s1. The summed E-state index contributed by atoms with van der Waals surface area (Å²) in [5.74, 6) is 1.35. The van der Waals surface area contributed by atoms with Crippen LogP contribution in [-0.4, -0.2) is 25.7 Å². The van der Waals surface area contributed by atoms with Gasteiger partial charge in [-0.1, -0.05) is 6.07 Å². The topological polar surface area (TPSA) is 73.6 Å². The van der Waals surface area contributed by atoms with Gasteiger partial charge in [0.15, 0.2) is 0 Å². The van der Waals surface area contributed by atoms with Crippen molar-refractivity contribution in [1.82, 2.24) is 5.32 Å². The Balaban J connectivity index is 2.64. The molecular formula is C15H24N2O3. The van der Waals surface area contributed by atoms with E-state index >= 15 is 0 Å². The highest BCUT2D eigenvalue weighted by molar-refractivity contribution is 5.76. The SMILES string of the molecule is COc1ccc([C@H](C)N)c(OCCC(=O)NC(C)C)c1. The highest BCUT2D eigenvalue weighted by atomic mass is 16.5. The van der Waals surface area contributed by atoms with Crippen LogP contribution in [0.4, 0.5) is 0 Å². The predicted octanol–water partition coefficient (Wildman–Crippen LogP) is 2.01. The fraction of sp³-hybridized carbons (Fsp3) is 0.533. The Morgan fingerprint density at radius 2 is 2.05 bits per heavy atom. The van der Waals surface area contributed by atoms with Gasteiger partial charge in [-0.05, 0) is 26.8 Å². The van der Waals surface area contributed by atoms with Crippen molar-refractivity contribution >= 4 is 5.91 Å². The Bertz CT molecular complexity index is 445. The number of hydrogen-bond acceptors (Lipinski definition) is 4. The lowest BCUT2D eigenvalue weighted by Crippen LogP contribution is -2.31. The molecule has 0 aliphatic rings. The fourth-order valence-electron chi connectivity index (χ4n) is 1.79. The van der Waals surface area contributed by atoms with Gasteiger partial charge in [-0.25, -0.2) is 0 Å². The Labute approximate surface area is 120 Å². The molecule has 0 spiro atoms. The van der Waals surface area contributed by atoms with Gasteiger partial charge in [-0.3, -0.25) is 4.79 Å². The third-order valence-electron chi connectivity index (χ3n) is 2.75. The van der Waals surface area contributed by atoms with Crippen LogP contribution in [0.15, 0.2) is 18.2 Å². The van der Waals surface area contributed by atoms with Gasteiger partial charge >= 0.3 is 0 Å². The molecule has 0 aliphatic carbocycles. The number of methoxy groups -OCH3 is 1. The first-order valence-electron chi connectivity index (χ1n) is 6.79. The normalized spacial score (nSPS) is 12.1. The average molecular weight is 280 g/mol. The summed E-state index contributed by atoms with van der Waals surface area (Å²) in [7, 11) is 1.60. The van der Waals surface area contributed by atoms with E-state index in [-0.39, 0.29) is 18.0 Å². The second-order valence-electron chi connectivity index (χ2n) is 5.01. The second kappa shape index (κ2) is 7.75. The van der Waals surface area contributed by atoms with Crippen molar-refractivity contribution in [3.8, 4) is 11.5 Å². The predicted molar refractivity (Wildman–Crippen MR) is 79.0 cm³/mol. The number of carbonyl (C=O) groups is 1. The van der Waals surface area contributed by atoms with Crippen LogP contribution in [0.25, 0.3) is 0 Å².